The number of allylic oxidation sites excluding steroid dienone is 1. The molecule has 1 aromatic heterocycles. The van der Waals surface area contributed by atoms with E-state index in [1.807, 2.05) is 32.9 Å². The smallest absolute Gasteiger partial charge is 0.244 e. The number of hydrogen-bond donors (Lipinski definition) is 1. The molecule has 0 bridgehead atoms. The molecule has 15 heavy (non-hydrogen) atoms. The third-order valence-corrected chi connectivity index (χ3v) is 1.90. The fourth-order valence-electron chi connectivity index (χ4n) is 1.33. The maximum absolute atomic E-state index is 11.4. The van der Waals surface area contributed by atoms with Crippen molar-refractivity contribution in [3.8, 4) is 0 Å². The molecular weight excluding hydrogens is 190 g/mol. The number of furan rings is 1. The van der Waals surface area contributed by atoms with Crippen molar-refractivity contribution in [2.24, 2.45) is 0 Å². The van der Waals surface area contributed by atoms with Gasteiger partial charge in [-0.25, -0.2) is 0 Å². The summed E-state index contributed by atoms with van der Waals surface area (Å²) in [5.74, 6) is 0.842. The number of nitrogens with one attached hydrogen (secondary N) is 1. The predicted molar refractivity (Wildman–Crippen MR) is 59.4 cm³/mol. The van der Waals surface area contributed by atoms with Crippen LogP contribution in [0.25, 0.3) is 0 Å². The molecule has 1 N–H and O–H groups in total. The number of amides is 1. The number of carbonyl (C=O) groups excluding carboxylic acids is 1. The number of hydrogen-bond acceptors (Lipinski definition) is 2. The predicted octanol–water partition coefficient (Wildman–Crippen LogP) is 2.29. The molecule has 0 unspecified atom stereocenters. The zero-order chi connectivity index (χ0) is 11.3. The van der Waals surface area contributed by atoms with Gasteiger partial charge in [-0.05, 0) is 32.9 Å². The van der Waals surface area contributed by atoms with E-state index in [1.165, 1.54) is 0 Å². The van der Waals surface area contributed by atoms with Crippen molar-refractivity contribution in [3.63, 3.8) is 0 Å². The molecule has 0 aliphatic carbocycles. The van der Waals surface area contributed by atoms with Crippen LogP contribution in [-0.2, 0) is 11.2 Å². The van der Waals surface area contributed by atoms with Gasteiger partial charge in [-0.15, -0.1) is 0 Å². The molecule has 0 radical (unpaired) electrons. The Kier molecular flexibility index (Phi) is 4.16. The summed E-state index contributed by atoms with van der Waals surface area (Å²) >= 11 is 0. The molecule has 0 saturated heterocycles. The number of rotatable bonds is 4. The molecule has 0 aliphatic heterocycles. The molecule has 0 aliphatic rings. The van der Waals surface area contributed by atoms with Crippen LogP contribution in [0.15, 0.2) is 34.5 Å². The number of carbonyl (C=O) groups is 1. The normalized spacial score (nSPS) is 11.9. The van der Waals surface area contributed by atoms with Crippen LogP contribution in [0.1, 0.15) is 26.5 Å². The summed E-state index contributed by atoms with van der Waals surface area (Å²) in [7, 11) is 0. The molecule has 0 spiro atoms. The summed E-state index contributed by atoms with van der Waals surface area (Å²) in [6.45, 7) is 5.76. The van der Waals surface area contributed by atoms with Gasteiger partial charge < -0.3 is 9.73 Å². The van der Waals surface area contributed by atoms with Crippen molar-refractivity contribution >= 4 is 5.91 Å². The zero-order valence-electron chi connectivity index (χ0n) is 9.41. The van der Waals surface area contributed by atoms with Crippen molar-refractivity contribution in [1.29, 1.82) is 0 Å². The Balaban J connectivity index is 2.39. The lowest BCUT2D eigenvalue weighted by molar-refractivity contribution is -0.117. The van der Waals surface area contributed by atoms with Gasteiger partial charge in [0, 0.05) is 18.5 Å². The van der Waals surface area contributed by atoms with Gasteiger partial charge in [-0.1, -0.05) is 5.57 Å². The SMILES string of the molecule is CC(C)=CC(=O)N[C@@H](C)Cc1ccco1. The fourth-order valence-corrected chi connectivity index (χ4v) is 1.33. The highest BCUT2D eigenvalue weighted by Crippen LogP contribution is 2.03. The average molecular weight is 207 g/mol. The van der Waals surface area contributed by atoms with Crippen LogP contribution in [0.5, 0.6) is 0 Å². The van der Waals surface area contributed by atoms with Crippen molar-refractivity contribution in [1.82, 2.24) is 5.32 Å². The second-order valence-corrected chi connectivity index (χ2v) is 3.91. The Morgan fingerprint density at radius 1 is 1.60 bits per heavy atom. The van der Waals surface area contributed by atoms with E-state index in [9.17, 15) is 4.79 Å². The van der Waals surface area contributed by atoms with E-state index in [-0.39, 0.29) is 11.9 Å². The summed E-state index contributed by atoms with van der Waals surface area (Å²) < 4.78 is 5.20. The molecule has 1 rings (SSSR count). The van der Waals surface area contributed by atoms with Crippen LogP contribution in [-0.4, -0.2) is 11.9 Å². The van der Waals surface area contributed by atoms with Crippen LogP contribution in [0.2, 0.25) is 0 Å². The summed E-state index contributed by atoms with van der Waals surface area (Å²) in [5.41, 5.74) is 0.998. The maximum atomic E-state index is 11.4. The lowest BCUT2D eigenvalue weighted by Crippen LogP contribution is -2.32. The molecular formula is C12H17NO2. The van der Waals surface area contributed by atoms with E-state index in [0.29, 0.717) is 0 Å². The molecule has 0 saturated carbocycles. The standard InChI is InChI=1S/C12H17NO2/c1-9(2)7-12(14)13-10(3)8-11-5-4-6-15-11/h4-7,10H,8H2,1-3H3,(H,13,14)/t10-/m0/s1. The largest absolute Gasteiger partial charge is 0.469 e. The summed E-state index contributed by atoms with van der Waals surface area (Å²) in [6, 6.07) is 3.84. The first-order valence-corrected chi connectivity index (χ1v) is 5.05. The minimum absolute atomic E-state index is 0.0472. The Morgan fingerprint density at radius 3 is 2.87 bits per heavy atom. The Morgan fingerprint density at radius 2 is 2.33 bits per heavy atom. The maximum Gasteiger partial charge on any atom is 0.244 e. The first-order chi connectivity index (χ1) is 7.08. The third kappa shape index (κ3) is 4.49. The summed E-state index contributed by atoms with van der Waals surface area (Å²) in [6.07, 6.45) is 3.95. The van der Waals surface area contributed by atoms with Crippen LogP contribution in [0.4, 0.5) is 0 Å². The molecule has 1 atom stereocenters. The van der Waals surface area contributed by atoms with Gasteiger partial charge in [0.05, 0.1) is 6.26 Å². The average Bonchev–Trinajstić information content (AvgIpc) is 2.53. The first kappa shape index (κ1) is 11.6. The van der Waals surface area contributed by atoms with E-state index >= 15 is 0 Å². The van der Waals surface area contributed by atoms with Crippen molar-refractivity contribution in [2.45, 2.75) is 33.2 Å². The topological polar surface area (TPSA) is 42.2 Å². The van der Waals surface area contributed by atoms with Crippen LogP contribution < -0.4 is 5.32 Å². The third-order valence-electron chi connectivity index (χ3n) is 1.90. The van der Waals surface area contributed by atoms with Crippen LogP contribution >= 0.6 is 0 Å². The molecule has 1 aromatic rings. The summed E-state index contributed by atoms with van der Waals surface area (Å²) in [5, 5.41) is 2.87. The highest BCUT2D eigenvalue weighted by Gasteiger charge is 2.07. The summed E-state index contributed by atoms with van der Waals surface area (Å²) in [4.78, 5) is 11.4. The van der Waals surface area contributed by atoms with E-state index < -0.39 is 0 Å². The molecule has 1 heterocycles. The molecule has 0 fully saturated rings. The zero-order valence-corrected chi connectivity index (χ0v) is 9.41. The minimum atomic E-state index is -0.0472. The minimum Gasteiger partial charge on any atom is -0.469 e. The Hall–Kier alpha value is -1.51. The monoisotopic (exact) mass is 207 g/mol. The highest BCUT2D eigenvalue weighted by atomic mass is 16.3. The lowest BCUT2D eigenvalue weighted by Gasteiger charge is -2.10. The van der Waals surface area contributed by atoms with Crippen molar-refractivity contribution in [3.05, 3.63) is 35.8 Å². The van der Waals surface area contributed by atoms with Crippen molar-refractivity contribution < 1.29 is 9.21 Å². The van der Waals surface area contributed by atoms with Crippen LogP contribution in [0, 0.1) is 0 Å². The van der Waals surface area contributed by atoms with Gasteiger partial charge in [0.25, 0.3) is 0 Å². The van der Waals surface area contributed by atoms with E-state index in [0.717, 1.165) is 17.8 Å². The fraction of sp³-hybridized carbons (Fsp3) is 0.417. The lowest BCUT2D eigenvalue weighted by atomic mass is 10.2. The first-order valence-electron chi connectivity index (χ1n) is 5.05. The Labute approximate surface area is 90.2 Å². The van der Waals surface area contributed by atoms with E-state index in [1.54, 1.807) is 12.3 Å². The van der Waals surface area contributed by atoms with Gasteiger partial charge in [0.15, 0.2) is 0 Å². The molecule has 3 heteroatoms. The molecule has 0 aromatic carbocycles. The quantitative estimate of drug-likeness (QED) is 0.770. The van der Waals surface area contributed by atoms with Gasteiger partial charge in [-0.3, -0.25) is 4.79 Å². The van der Waals surface area contributed by atoms with Gasteiger partial charge >= 0.3 is 0 Å². The Bertz CT molecular complexity index is 335. The highest BCUT2D eigenvalue weighted by molar-refractivity contribution is 5.88. The van der Waals surface area contributed by atoms with E-state index in [2.05, 4.69) is 5.32 Å². The molecule has 3 nitrogen and oxygen atoms in total. The molecule has 1 amide bonds. The van der Waals surface area contributed by atoms with Crippen molar-refractivity contribution in [2.75, 3.05) is 0 Å². The molecule has 82 valence electrons. The van der Waals surface area contributed by atoms with Gasteiger partial charge in [0.1, 0.15) is 5.76 Å². The van der Waals surface area contributed by atoms with Gasteiger partial charge in [0.2, 0.25) is 5.91 Å². The second kappa shape index (κ2) is 5.39. The van der Waals surface area contributed by atoms with E-state index in [4.69, 9.17) is 4.42 Å². The van der Waals surface area contributed by atoms with Crippen LogP contribution in [0.3, 0.4) is 0 Å². The second-order valence-electron chi connectivity index (χ2n) is 3.91. The van der Waals surface area contributed by atoms with Gasteiger partial charge in [-0.2, -0.15) is 0 Å².